The van der Waals surface area contributed by atoms with Crippen LogP contribution in [0.2, 0.25) is 0 Å². The first-order chi connectivity index (χ1) is 11.2. The number of nitrogens with one attached hydrogen (secondary N) is 1. The lowest BCUT2D eigenvalue weighted by molar-refractivity contribution is 0.0704. The maximum absolute atomic E-state index is 12.9. The minimum atomic E-state index is 0.137. The third kappa shape index (κ3) is 4.48. The average molecular weight is 334 g/mol. The lowest BCUT2D eigenvalue weighted by Crippen LogP contribution is -2.51. The summed E-state index contributed by atoms with van der Waals surface area (Å²) in [5.41, 5.74) is 0.780. The van der Waals surface area contributed by atoms with Crippen LogP contribution in [0.5, 0.6) is 0 Å². The van der Waals surface area contributed by atoms with Gasteiger partial charge >= 0.3 is 0 Å². The average Bonchev–Trinajstić information content (AvgIpc) is 2.60. The van der Waals surface area contributed by atoms with Crippen LogP contribution in [0.3, 0.4) is 0 Å². The number of pyridine rings is 1. The van der Waals surface area contributed by atoms with E-state index in [0.29, 0.717) is 6.04 Å². The van der Waals surface area contributed by atoms with Crippen molar-refractivity contribution < 1.29 is 4.79 Å². The highest BCUT2D eigenvalue weighted by atomic mass is 32.2. The molecule has 0 spiro atoms. The molecule has 2 aliphatic rings. The van der Waals surface area contributed by atoms with Gasteiger partial charge in [0.25, 0.3) is 5.91 Å². The maximum Gasteiger partial charge on any atom is 0.256 e. The van der Waals surface area contributed by atoms with E-state index < -0.39 is 0 Å². The molecule has 1 saturated heterocycles. The molecule has 1 aliphatic carbocycles. The molecule has 3 rings (SSSR count). The van der Waals surface area contributed by atoms with Gasteiger partial charge in [0.15, 0.2) is 0 Å². The summed E-state index contributed by atoms with van der Waals surface area (Å²) in [6.45, 7) is 4.56. The molecule has 1 amide bonds. The zero-order valence-electron chi connectivity index (χ0n) is 14.0. The molecule has 2 fully saturated rings. The van der Waals surface area contributed by atoms with Crippen molar-refractivity contribution in [1.29, 1.82) is 0 Å². The Morgan fingerprint density at radius 1 is 1.39 bits per heavy atom. The molecule has 126 valence electrons. The Morgan fingerprint density at radius 3 is 3.00 bits per heavy atom. The van der Waals surface area contributed by atoms with Gasteiger partial charge in [-0.2, -0.15) is 0 Å². The van der Waals surface area contributed by atoms with Gasteiger partial charge < -0.3 is 10.2 Å². The Labute approximate surface area is 143 Å². The molecule has 0 radical (unpaired) electrons. The standard InChI is InChI=1S/C18H27N3OS/c1-14-12-21(11-10-19-14)18(22)16-8-5-9-20-17(16)23-13-15-6-3-2-4-7-15/h5,8-9,14-15,19H,2-4,6-7,10-13H2,1H3/t14-/m1/s1. The molecule has 0 bridgehead atoms. The van der Waals surface area contributed by atoms with Crippen LogP contribution in [-0.4, -0.2) is 47.2 Å². The third-order valence-corrected chi connectivity index (χ3v) is 6.07. The highest BCUT2D eigenvalue weighted by Gasteiger charge is 2.24. The molecule has 0 unspecified atom stereocenters. The van der Waals surface area contributed by atoms with Crippen molar-refractivity contribution in [3.8, 4) is 0 Å². The Morgan fingerprint density at radius 2 is 2.22 bits per heavy atom. The van der Waals surface area contributed by atoms with E-state index in [9.17, 15) is 4.79 Å². The third-order valence-electron chi connectivity index (χ3n) is 4.84. The van der Waals surface area contributed by atoms with E-state index in [4.69, 9.17) is 0 Å². The summed E-state index contributed by atoms with van der Waals surface area (Å²) in [4.78, 5) is 19.3. The summed E-state index contributed by atoms with van der Waals surface area (Å²) in [6, 6.07) is 4.18. The van der Waals surface area contributed by atoms with E-state index in [1.165, 1.54) is 32.1 Å². The number of piperazine rings is 1. The van der Waals surface area contributed by atoms with Crippen LogP contribution in [-0.2, 0) is 0 Å². The number of thioether (sulfide) groups is 1. The minimum absolute atomic E-state index is 0.137. The molecule has 5 heteroatoms. The second-order valence-corrected chi connectivity index (χ2v) is 7.79. The van der Waals surface area contributed by atoms with Crippen molar-refractivity contribution in [2.24, 2.45) is 5.92 Å². The molecule has 0 aromatic carbocycles. The van der Waals surface area contributed by atoms with Crippen LogP contribution in [0.15, 0.2) is 23.4 Å². The van der Waals surface area contributed by atoms with Crippen LogP contribution in [0, 0.1) is 5.92 Å². The number of hydrogen-bond donors (Lipinski definition) is 1. The fraction of sp³-hybridized carbons (Fsp3) is 0.667. The minimum Gasteiger partial charge on any atom is -0.336 e. The van der Waals surface area contributed by atoms with E-state index >= 15 is 0 Å². The van der Waals surface area contributed by atoms with Crippen molar-refractivity contribution in [2.45, 2.75) is 50.1 Å². The van der Waals surface area contributed by atoms with Gasteiger partial charge in [0.05, 0.1) is 5.56 Å². The summed E-state index contributed by atoms with van der Waals surface area (Å²) in [6.07, 6.45) is 8.57. The first kappa shape index (κ1) is 16.8. The van der Waals surface area contributed by atoms with Gasteiger partial charge in [-0.05, 0) is 37.8 Å². The number of carbonyl (C=O) groups is 1. The van der Waals surface area contributed by atoms with Gasteiger partial charge in [-0.15, -0.1) is 11.8 Å². The molecule has 2 heterocycles. The van der Waals surface area contributed by atoms with Gasteiger partial charge in [-0.3, -0.25) is 4.79 Å². The fourth-order valence-corrected chi connectivity index (χ4v) is 4.68. The molecule has 1 aromatic heterocycles. The zero-order valence-corrected chi connectivity index (χ0v) is 14.8. The van der Waals surface area contributed by atoms with Gasteiger partial charge in [0.1, 0.15) is 5.03 Å². The van der Waals surface area contributed by atoms with E-state index in [2.05, 4.69) is 17.2 Å². The second-order valence-electron chi connectivity index (χ2n) is 6.78. The van der Waals surface area contributed by atoms with Crippen molar-refractivity contribution in [3.63, 3.8) is 0 Å². The largest absolute Gasteiger partial charge is 0.336 e. The highest BCUT2D eigenvalue weighted by molar-refractivity contribution is 7.99. The second kappa shape index (κ2) is 8.15. The number of nitrogens with zero attached hydrogens (tertiary/aromatic N) is 2. The Balaban J connectivity index is 1.65. The van der Waals surface area contributed by atoms with Gasteiger partial charge in [0, 0.05) is 37.6 Å². The summed E-state index contributed by atoms with van der Waals surface area (Å²) in [5.74, 6) is 2.02. The first-order valence-electron chi connectivity index (χ1n) is 8.84. The summed E-state index contributed by atoms with van der Waals surface area (Å²) < 4.78 is 0. The van der Waals surface area contributed by atoms with Crippen LogP contribution in [0.25, 0.3) is 0 Å². The molecule has 1 N–H and O–H groups in total. The molecule has 1 aromatic rings. The molecule has 1 atom stereocenters. The monoisotopic (exact) mass is 333 g/mol. The maximum atomic E-state index is 12.9. The number of carbonyl (C=O) groups excluding carboxylic acids is 1. The lowest BCUT2D eigenvalue weighted by atomic mass is 9.91. The Bertz CT molecular complexity index is 531. The fourth-order valence-electron chi connectivity index (χ4n) is 3.51. The molecular formula is C18H27N3OS. The molecule has 1 aliphatic heterocycles. The summed E-state index contributed by atoms with van der Waals surface area (Å²) in [7, 11) is 0. The van der Waals surface area contributed by atoms with E-state index in [1.54, 1.807) is 18.0 Å². The van der Waals surface area contributed by atoms with Crippen molar-refractivity contribution >= 4 is 17.7 Å². The Kier molecular flexibility index (Phi) is 5.95. The van der Waals surface area contributed by atoms with E-state index in [1.807, 2.05) is 17.0 Å². The number of aromatic nitrogens is 1. The number of amides is 1. The normalized spacial score (nSPS) is 23.0. The zero-order chi connectivity index (χ0) is 16.1. The quantitative estimate of drug-likeness (QED) is 0.860. The molecule has 1 saturated carbocycles. The van der Waals surface area contributed by atoms with Crippen LogP contribution >= 0.6 is 11.8 Å². The van der Waals surface area contributed by atoms with Gasteiger partial charge in [-0.25, -0.2) is 4.98 Å². The summed E-state index contributed by atoms with van der Waals surface area (Å²) in [5, 5.41) is 4.30. The van der Waals surface area contributed by atoms with Crippen LogP contribution in [0.4, 0.5) is 0 Å². The summed E-state index contributed by atoms with van der Waals surface area (Å²) >= 11 is 1.77. The smallest absolute Gasteiger partial charge is 0.256 e. The Hall–Kier alpha value is -1.07. The SMILES string of the molecule is C[C@@H]1CN(C(=O)c2cccnc2SCC2CCCCC2)CCN1. The van der Waals surface area contributed by atoms with Crippen LogP contribution < -0.4 is 5.32 Å². The topological polar surface area (TPSA) is 45.2 Å². The van der Waals surface area contributed by atoms with E-state index in [0.717, 1.165) is 41.9 Å². The number of hydrogen-bond acceptors (Lipinski definition) is 4. The lowest BCUT2D eigenvalue weighted by Gasteiger charge is -2.32. The van der Waals surface area contributed by atoms with Gasteiger partial charge in [0.2, 0.25) is 0 Å². The molecule has 23 heavy (non-hydrogen) atoms. The molecular weight excluding hydrogens is 306 g/mol. The molecule has 4 nitrogen and oxygen atoms in total. The predicted octanol–water partition coefficient (Wildman–Crippen LogP) is 3.19. The van der Waals surface area contributed by atoms with E-state index in [-0.39, 0.29) is 5.91 Å². The van der Waals surface area contributed by atoms with Crippen molar-refractivity contribution in [2.75, 3.05) is 25.4 Å². The van der Waals surface area contributed by atoms with Crippen molar-refractivity contribution in [1.82, 2.24) is 15.2 Å². The predicted molar refractivity (Wildman–Crippen MR) is 94.9 cm³/mol. The number of rotatable bonds is 4. The van der Waals surface area contributed by atoms with Crippen LogP contribution in [0.1, 0.15) is 49.4 Å². The highest BCUT2D eigenvalue weighted by Crippen LogP contribution is 2.30. The van der Waals surface area contributed by atoms with Crippen molar-refractivity contribution in [3.05, 3.63) is 23.9 Å². The first-order valence-corrected chi connectivity index (χ1v) is 9.83. The van der Waals surface area contributed by atoms with Gasteiger partial charge in [-0.1, -0.05) is 19.3 Å².